The first-order valence-corrected chi connectivity index (χ1v) is 4.91. The Morgan fingerprint density at radius 3 is 2.88 bits per heavy atom. The lowest BCUT2D eigenvalue weighted by Crippen LogP contribution is -2.02. The summed E-state index contributed by atoms with van der Waals surface area (Å²) >= 11 is 0. The van der Waals surface area contributed by atoms with E-state index in [9.17, 15) is 4.39 Å². The summed E-state index contributed by atoms with van der Waals surface area (Å²) in [5, 5.41) is 17.0. The van der Waals surface area contributed by atoms with Gasteiger partial charge in [0, 0.05) is 13.2 Å². The molecule has 1 unspecified atom stereocenters. The predicted molar refractivity (Wildman–Crippen MR) is 63.8 cm³/mol. The van der Waals surface area contributed by atoms with E-state index in [4.69, 9.17) is 10.1 Å². The molecule has 92 valence electrons. The zero-order chi connectivity index (χ0) is 12.7. The number of nitrogens with zero attached hydrogens (tertiary/aromatic N) is 2. The fourth-order valence-corrected chi connectivity index (χ4v) is 1.02. The Morgan fingerprint density at radius 2 is 2.24 bits per heavy atom. The van der Waals surface area contributed by atoms with Gasteiger partial charge in [0.2, 0.25) is 0 Å². The first-order valence-electron chi connectivity index (χ1n) is 4.91. The Hall–Kier alpha value is -2.02. The molecular weight excluding hydrogens is 225 g/mol. The molecule has 7 heteroatoms. The van der Waals surface area contributed by atoms with Crippen LogP contribution in [0.1, 0.15) is 6.92 Å². The number of anilines is 2. The molecule has 3 N–H and O–H groups in total. The highest BCUT2D eigenvalue weighted by molar-refractivity contribution is 5.81. The van der Waals surface area contributed by atoms with Crippen molar-refractivity contribution in [2.24, 2.45) is 10.3 Å². The molecule has 0 aliphatic heterocycles. The molecule has 0 saturated heterocycles. The second-order valence-electron chi connectivity index (χ2n) is 3.14. The van der Waals surface area contributed by atoms with E-state index in [1.54, 1.807) is 6.92 Å². The highest BCUT2D eigenvalue weighted by atomic mass is 19.1. The van der Waals surface area contributed by atoms with Crippen LogP contribution in [-0.2, 0) is 4.74 Å². The first kappa shape index (κ1) is 13.0. The van der Waals surface area contributed by atoms with Gasteiger partial charge in [-0.3, -0.25) is 10.8 Å². The van der Waals surface area contributed by atoms with E-state index in [2.05, 4.69) is 21.1 Å². The summed E-state index contributed by atoms with van der Waals surface area (Å²) in [7, 11) is 1.51. The average Bonchev–Trinajstić information content (AvgIpc) is 2.32. The van der Waals surface area contributed by atoms with E-state index in [1.165, 1.54) is 25.3 Å². The minimum Gasteiger partial charge on any atom is -0.358 e. The van der Waals surface area contributed by atoms with E-state index in [0.717, 1.165) is 6.34 Å². The summed E-state index contributed by atoms with van der Waals surface area (Å²) in [6.45, 7) is 1.72. The number of rotatable bonds is 6. The van der Waals surface area contributed by atoms with Crippen LogP contribution in [-0.4, -0.2) is 19.7 Å². The summed E-state index contributed by atoms with van der Waals surface area (Å²) in [4.78, 5) is 0. The molecule has 1 atom stereocenters. The quantitative estimate of drug-likeness (QED) is 0.309. The van der Waals surface area contributed by atoms with Gasteiger partial charge < -0.3 is 10.1 Å². The Kier molecular flexibility index (Phi) is 5.02. The molecule has 0 aliphatic carbocycles. The second-order valence-corrected chi connectivity index (χ2v) is 3.14. The lowest BCUT2D eigenvalue weighted by atomic mass is 10.2. The lowest BCUT2D eigenvalue weighted by Gasteiger charge is -2.07. The predicted octanol–water partition coefficient (Wildman–Crippen LogP) is 2.62. The van der Waals surface area contributed by atoms with Gasteiger partial charge in [-0.2, -0.15) is 0 Å². The van der Waals surface area contributed by atoms with E-state index in [-0.39, 0.29) is 6.23 Å². The van der Waals surface area contributed by atoms with Crippen molar-refractivity contribution >= 4 is 17.7 Å². The van der Waals surface area contributed by atoms with Crippen LogP contribution in [0.15, 0.2) is 28.5 Å². The standard InChI is InChI=1S/C10H14FN5O/c1-7(17-2)14-16-15-10-5-8(11)3-4-9(10)13-6-12/h3-7H,1-2H3,(H2,12,13)(H,14,15). The zero-order valence-electron chi connectivity index (χ0n) is 9.57. The topological polar surface area (TPSA) is 81.9 Å². The van der Waals surface area contributed by atoms with E-state index in [1.807, 2.05) is 0 Å². The highest BCUT2D eigenvalue weighted by Crippen LogP contribution is 2.22. The van der Waals surface area contributed by atoms with E-state index in [0.29, 0.717) is 11.4 Å². The average molecular weight is 239 g/mol. The van der Waals surface area contributed by atoms with Crippen molar-refractivity contribution in [2.45, 2.75) is 13.2 Å². The van der Waals surface area contributed by atoms with Crippen LogP contribution < -0.4 is 10.7 Å². The fraction of sp³-hybridized carbons (Fsp3) is 0.300. The number of nitrogens with one attached hydrogen (secondary N) is 3. The van der Waals surface area contributed by atoms with Crippen molar-refractivity contribution in [3.8, 4) is 0 Å². The van der Waals surface area contributed by atoms with Gasteiger partial charge in [-0.05, 0) is 19.1 Å². The van der Waals surface area contributed by atoms with Crippen LogP contribution in [0.5, 0.6) is 0 Å². The number of hydrogen-bond acceptors (Lipinski definition) is 4. The maximum atomic E-state index is 13.0. The van der Waals surface area contributed by atoms with Crippen molar-refractivity contribution in [2.75, 3.05) is 17.9 Å². The third kappa shape index (κ3) is 4.15. The Bertz CT molecular complexity index is 410. The van der Waals surface area contributed by atoms with E-state index < -0.39 is 5.82 Å². The normalized spacial score (nSPS) is 12.4. The third-order valence-corrected chi connectivity index (χ3v) is 1.94. The molecule has 0 radical (unpaired) electrons. The summed E-state index contributed by atoms with van der Waals surface area (Å²) < 4.78 is 17.9. The number of ether oxygens (including phenoxy) is 1. The maximum absolute atomic E-state index is 13.0. The number of halogens is 1. The van der Waals surface area contributed by atoms with Crippen molar-refractivity contribution in [1.82, 2.24) is 0 Å². The SMILES string of the molecule is COC(C)/N=N\Nc1cc(F)ccc1NC=N. The van der Waals surface area contributed by atoms with Crippen LogP contribution in [0.25, 0.3) is 0 Å². The fourth-order valence-electron chi connectivity index (χ4n) is 1.02. The van der Waals surface area contributed by atoms with Crippen molar-refractivity contribution in [1.29, 1.82) is 5.41 Å². The lowest BCUT2D eigenvalue weighted by molar-refractivity contribution is 0.120. The molecule has 0 fully saturated rings. The summed E-state index contributed by atoms with van der Waals surface area (Å²) in [6, 6.07) is 4.03. The Balaban J connectivity index is 2.77. The molecule has 0 aromatic heterocycles. The molecule has 6 nitrogen and oxygen atoms in total. The monoisotopic (exact) mass is 239 g/mol. The third-order valence-electron chi connectivity index (χ3n) is 1.94. The van der Waals surface area contributed by atoms with Gasteiger partial charge in [-0.15, -0.1) is 5.11 Å². The van der Waals surface area contributed by atoms with Crippen molar-refractivity contribution in [3.63, 3.8) is 0 Å². The maximum Gasteiger partial charge on any atom is 0.167 e. The molecule has 17 heavy (non-hydrogen) atoms. The smallest absolute Gasteiger partial charge is 0.167 e. The highest BCUT2D eigenvalue weighted by Gasteiger charge is 2.02. The minimum absolute atomic E-state index is 0.379. The van der Waals surface area contributed by atoms with Crippen molar-refractivity contribution < 1.29 is 9.13 Å². The molecular formula is C10H14FN5O. The molecule has 1 aromatic rings. The van der Waals surface area contributed by atoms with Gasteiger partial charge >= 0.3 is 0 Å². The second kappa shape index (κ2) is 6.54. The van der Waals surface area contributed by atoms with Gasteiger partial charge in [0.05, 0.1) is 17.7 Å². The van der Waals surface area contributed by atoms with Crippen LogP contribution in [0.4, 0.5) is 15.8 Å². The molecule has 0 aliphatic rings. The van der Waals surface area contributed by atoms with Gasteiger partial charge in [0.25, 0.3) is 0 Å². The summed E-state index contributed by atoms with van der Waals surface area (Å²) in [6.07, 6.45) is 0.614. The van der Waals surface area contributed by atoms with Gasteiger partial charge in [-0.25, -0.2) is 4.39 Å². The number of hydrogen-bond donors (Lipinski definition) is 3. The van der Waals surface area contributed by atoms with Crippen LogP contribution >= 0.6 is 0 Å². The van der Waals surface area contributed by atoms with Crippen LogP contribution in [0.3, 0.4) is 0 Å². The van der Waals surface area contributed by atoms with Gasteiger partial charge in [0.1, 0.15) is 5.82 Å². The van der Waals surface area contributed by atoms with Crippen molar-refractivity contribution in [3.05, 3.63) is 24.0 Å². The molecule has 0 amide bonds. The Labute approximate surface area is 98.4 Å². The largest absolute Gasteiger partial charge is 0.358 e. The summed E-state index contributed by atoms with van der Waals surface area (Å²) in [5.74, 6) is -0.405. The summed E-state index contributed by atoms with van der Waals surface area (Å²) in [5.41, 5.74) is 3.50. The molecule has 1 aromatic carbocycles. The van der Waals surface area contributed by atoms with Crippen LogP contribution in [0.2, 0.25) is 0 Å². The molecule has 0 spiro atoms. The van der Waals surface area contributed by atoms with Gasteiger partial charge in [-0.1, -0.05) is 5.22 Å². The number of benzene rings is 1. The molecule has 0 heterocycles. The molecule has 0 saturated carbocycles. The van der Waals surface area contributed by atoms with E-state index >= 15 is 0 Å². The molecule has 1 rings (SSSR count). The van der Waals surface area contributed by atoms with Gasteiger partial charge in [0.15, 0.2) is 6.23 Å². The Morgan fingerprint density at radius 1 is 1.47 bits per heavy atom. The minimum atomic E-state index is -0.405. The number of methoxy groups -OCH3 is 1. The van der Waals surface area contributed by atoms with Crippen LogP contribution in [0, 0.1) is 11.2 Å². The zero-order valence-corrected chi connectivity index (χ0v) is 9.57. The molecule has 0 bridgehead atoms. The first-order chi connectivity index (χ1) is 8.17.